The molecule has 0 aliphatic carbocycles. The minimum absolute atomic E-state index is 0.0250. The number of nitrogens with zero attached hydrogens (tertiary/aromatic N) is 1. The zero-order valence-electron chi connectivity index (χ0n) is 14.2. The number of carbonyl (C=O) groups is 1. The smallest absolute Gasteiger partial charge is 0.257 e. The Balaban J connectivity index is 2.47. The van der Waals surface area contributed by atoms with Crippen LogP contribution in [0.3, 0.4) is 0 Å². The van der Waals surface area contributed by atoms with Crippen molar-refractivity contribution in [3.05, 3.63) is 28.3 Å². The number of hydrogen-bond acceptors (Lipinski definition) is 2. The van der Waals surface area contributed by atoms with Crippen molar-refractivity contribution in [2.45, 2.75) is 58.4 Å². The Morgan fingerprint density at radius 2 is 2.00 bits per heavy atom. The minimum Gasteiger partial charge on any atom is -0.494 e. The summed E-state index contributed by atoms with van der Waals surface area (Å²) in [6, 6.07) is 4.11. The van der Waals surface area contributed by atoms with Gasteiger partial charge in [-0.05, 0) is 49.3 Å². The van der Waals surface area contributed by atoms with Crippen molar-refractivity contribution in [2.75, 3.05) is 13.7 Å². The Kier molecular flexibility index (Phi) is 5.06. The summed E-state index contributed by atoms with van der Waals surface area (Å²) in [5.41, 5.74) is 1.55. The molecule has 1 aromatic rings. The van der Waals surface area contributed by atoms with Gasteiger partial charge in [0.2, 0.25) is 0 Å². The first-order valence-electron chi connectivity index (χ1n) is 7.94. The van der Waals surface area contributed by atoms with E-state index in [9.17, 15) is 4.79 Å². The molecule has 2 rings (SSSR count). The highest BCUT2D eigenvalue weighted by Crippen LogP contribution is 2.36. The molecule has 122 valence electrons. The van der Waals surface area contributed by atoms with Crippen LogP contribution in [0, 0.1) is 0 Å². The number of benzene rings is 1. The fourth-order valence-corrected chi connectivity index (χ4v) is 3.24. The molecule has 3 nitrogen and oxygen atoms in total. The summed E-state index contributed by atoms with van der Waals surface area (Å²) < 4.78 is 5.41. The molecule has 1 atom stereocenters. The van der Waals surface area contributed by atoms with Gasteiger partial charge in [0.15, 0.2) is 0 Å². The number of rotatable bonds is 2. The van der Waals surface area contributed by atoms with Crippen LogP contribution in [-0.2, 0) is 5.41 Å². The maximum Gasteiger partial charge on any atom is 0.257 e. The second-order valence-electron chi connectivity index (χ2n) is 7.13. The molecule has 1 fully saturated rings. The van der Waals surface area contributed by atoms with Crippen molar-refractivity contribution in [3.63, 3.8) is 0 Å². The average Bonchev–Trinajstić information content (AvgIpc) is 2.45. The van der Waals surface area contributed by atoms with Crippen LogP contribution in [0.4, 0.5) is 0 Å². The van der Waals surface area contributed by atoms with Gasteiger partial charge in [0.25, 0.3) is 5.91 Å². The summed E-state index contributed by atoms with van der Waals surface area (Å²) in [5, 5.41) is 0.503. The zero-order valence-corrected chi connectivity index (χ0v) is 15.0. The lowest BCUT2D eigenvalue weighted by molar-refractivity contribution is 0.0632. The first-order valence-corrected chi connectivity index (χ1v) is 8.32. The maximum absolute atomic E-state index is 13.0. The number of carbonyl (C=O) groups excluding carboxylic acids is 1. The quantitative estimate of drug-likeness (QED) is 0.792. The highest BCUT2D eigenvalue weighted by Gasteiger charge is 2.29. The lowest BCUT2D eigenvalue weighted by Gasteiger charge is -2.34. The van der Waals surface area contributed by atoms with Crippen molar-refractivity contribution in [3.8, 4) is 5.75 Å². The van der Waals surface area contributed by atoms with Gasteiger partial charge in [0, 0.05) is 12.6 Å². The van der Waals surface area contributed by atoms with Crippen LogP contribution in [0.2, 0.25) is 5.02 Å². The molecule has 0 aromatic heterocycles. The van der Waals surface area contributed by atoms with E-state index >= 15 is 0 Å². The third kappa shape index (κ3) is 3.40. The van der Waals surface area contributed by atoms with E-state index in [1.165, 1.54) is 6.42 Å². The fourth-order valence-electron chi connectivity index (χ4n) is 2.95. The SMILES string of the molecule is COc1c(Cl)cc(C(C)(C)C)cc1C(=O)N1CCCC[C@H]1C. The van der Waals surface area contributed by atoms with Crippen LogP contribution < -0.4 is 4.74 Å². The van der Waals surface area contributed by atoms with E-state index in [2.05, 4.69) is 27.7 Å². The highest BCUT2D eigenvalue weighted by molar-refractivity contribution is 6.32. The van der Waals surface area contributed by atoms with Gasteiger partial charge in [-0.3, -0.25) is 4.79 Å². The topological polar surface area (TPSA) is 29.5 Å². The van der Waals surface area contributed by atoms with E-state index < -0.39 is 0 Å². The molecule has 0 N–H and O–H groups in total. The predicted molar refractivity (Wildman–Crippen MR) is 91.1 cm³/mol. The summed E-state index contributed by atoms with van der Waals surface area (Å²) in [6.45, 7) is 9.26. The number of piperidine rings is 1. The van der Waals surface area contributed by atoms with E-state index in [-0.39, 0.29) is 17.4 Å². The van der Waals surface area contributed by atoms with Gasteiger partial charge in [-0.2, -0.15) is 0 Å². The molecule has 1 aliphatic heterocycles. The highest BCUT2D eigenvalue weighted by atomic mass is 35.5. The molecule has 0 spiro atoms. The van der Waals surface area contributed by atoms with Crippen LogP contribution in [0.5, 0.6) is 5.75 Å². The van der Waals surface area contributed by atoms with Crippen molar-refractivity contribution in [1.82, 2.24) is 4.90 Å². The Labute approximate surface area is 138 Å². The lowest BCUT2D eigenvalue weighted by atomic mass is 9.85. The van der Waals surface area contributed by atoms with Gasteiger partial charge in [0.05, 0.1) is 17.7 Å². The molecule has 1 saturated heterocycles. The second kappa shape index (κ2) is 6.49. The molecule has 0 radical (unpaired) electrons. The summed E-state index contributed by atoms with van der Waals surface area (Å²) in [4.78, 5) is 15.0. The Morgan fingerprint density at radius 3 is 2.55 bits per heavy atom. The second-order valence-corrected chi connectivity index (χ2v) is 7.54. The third-order valence-corrected chi connectivity index (χ3v) is 4.69. The summed E-state index contributed by atoms with van der Waals surface area (Å²) in [6.07, 6.45) is 3.30. The number of amides is 1. The molecule has 0 unspecified atom stereocenters. The standard InChI is InChI=1S/C18H26ClNO2/c1-12-8-6-7-9-20(12)17(21)14-10-13(18(2,3)4)11-15(19)16(14)22-5/h10-12H,6-9H2,1-5H3/t12-/m1/s1. The van der Waals surface area contributed by atoms with Crippen molar-refractivity contribution < 1.29 is 9.53 Å². The third-order valence-electron chi connectivity index (χ3n) is 4.41. The van der Waals surface area contributed by atoms with E-state index in [0.29, 0.717) is 16.3 Å². The van der Waals surface area contributed by atoms with E-state index in [1.54, 1.807) is 7.11 Å². The number of ether oxygens (including phenoxy) is 1. The van der Waals surface area contributed by atoms with Crippen LogP contribution >= 0.6 is 11.6 Å². The minimum atomic E-state index is -0.0710. The maximum atomic E-state index is 13.0. The van der Waals surface area contributed by atoms with Crippen LogP contribution in [0.25, 0.3) is 0 Å². The van der Waals surface area contributed by atoms with E-state index in [0.717, 1.165) is 24.9 Å². The van der Waals surface area contributed by atoms with Crippen molar-refractivity contribution in [2.24, 2.45) is 0 Å². The van der Waals surface area contributed by atoms with E-state index in [1.807, 2.05) is 17.0 Å². The van der Waals surface area contributed by atoms with Crippen LogP contribution in [-0.4, -0.2) is 30.5 Å². The Morgan fingerprint density at radius 1 is 1.32 bits per heavy atom. The van der Waals surface area contributed by atoms with Crippen LogP contribution in [0.1, 0.15) is 62.9 Å². The van der Waals surface area contributed by atoms with E-state index in [4.69, 9.17) is 16.3 Å². The largest absolute Gasteiger partial charge is 0.494 e. The summed E-state index contributed by atoms with van der Waals surface area (Å²) >= 11 is 6.36. The van der Waals surface area contributed by atoms with Gasteiger partial charge < -0.3 is 9.64 Å². The zero-order chi connectivity index (χ0) is 16.5. The number of hydrogen-bond donors (Lipinski definition) is 0. The number of methoxy groups -OCH3 is 1. The first kappa shape index (κ1) is 17.1. The number of likely N-dealkylation sites (tertiary alicyclic amines) is 1. The predicted octanol–water partition coefficient (Wildman–Crippen LogP) is 4.66. The summed E-state index contributed by atoms with van der Waals surface area (Å²) in [5.74, 6) is 0.509. The first-order chi connectivity index (χ1) is 10.3. The monoisotopic (exact) mass is 323 g/mol. The van der Waals surface area contributed by atoms with Gasteiger partial charge in [-0.15, -0.1) is 0 Å². The van der Waals surface area contributed by atoms with Gasteiger partial charge in [-0.1, -0.05) is 32.4 Å². The molecular formula is C18H26ClNO2. The molecule has 1 heterocycles. The fraction of sp³-hybridized carbons (Fsp3) is 0.611. The number of halogens is 1. The molecule has 1 amide bonds. The van der Waals surface area contributed by atoms with Gasteiger partial charge >= 0.3 is 0 Å². The molecular weight excluding hydrogens is 298 g/mol. The van der Waals surface area contributed by atoms with Crippen molar-refractivity contribution in [1.29, 1.82) is 0 Å². The molecule has 4 heteroatoms. The van der Waals surface area contributed by atoms with Crippen molar-refractivity contribution >= 4 is 17.5 Å². The van der Waals surface area contributed by atoms with Crippen LogP contribution in [0.15, 0.2) is 12.1 Å². The lowest BCUT2D eigenvalue weighted by Crippen LogP contribution is -2.42. The Bertz CT molecular complexity index is 563. The normalized spacial score (nSPS) is 19.2. The molecule has 1 aliphatic rings. The molecule has 0 saturated carbocycles. The Hall–Kier alpha value is -1.22. The summed E-state index contributed by atoms with van der Waals surface area (Å²) in [7, 11) is 1.56. The van der Waals surface area contributed by atoms with Gasteiger partial charge in [-0.25, -0.2) is 0 Å². The molecule has 0 bridgehead atoms. The van der Waals surface area contributed by atoms with Gasteiger partial charge in [0.1, 0.15) is 5.75 Å². The molecule has 22 heavy (non-hydrogen) atoms. The molecule has 1 aromatic carbocycles. The average molecular weight is 324 g/mol.